The molecule has 21 heavy (non-hydrogen) atoms. The first-order valence-corrected chi connectivity index (χ1v) is 9.71. The second-order valence-electron chi connectivity index (χ2n) is 7.55. The van der Waals surface area contributed by atoms with Gasteiger partial charge in [-0.15, -0.1) is 0 Å². The van der Waals surface area contributed by atoms with Gasteiger partial charge in [-0.05, 0) is 58.0 Å². The van der Waals surface area contributed by atoms with Crippen LogP contribution in [0.4, 0.5) is 0 Å². The van der Waals surface area contributed by atoms with E-state index in [1.807, 2.05) is 0 Å². The monoisotopic (exact) mass is 294 g/mol. The lowest BCUT2D eigenvalue weighted by atomic mass is 9.78. The highest BCUT2D eigenvalue weighted by Crippen LogP contribution is 2.33. The molecule has 3 atom stereocenters. The Kier molecular flexibility index (Phi) is 7.53. The van der Waals surface area contributed by atoms with Gasteiger partial charge in [0.1, 0.15) is 0 Å². The van der Waals surface area contributed by atoms with Gasteiger partial charge in [0.2, 0.25) is 0 Å². The van der Waals surface area contributed by atoms with E-state index < -0.39 is 0 Å². The van der Waals surface area contributed by atoms with Gasteiger partial charge in [-0.2, -0.15) is 0 Å². The van der Waals surface area contributed by atoms with Crippen LogP contribution in [0.5, 0.6) is 0 Å². The molecular formula is C19H38N2. The quantitative estimate of drug-likeness (QED) is 0.739. The Bertz CT molecular complexity index is 273. The van der Waals surface area contributed by atoms with Crippen LogP contribution in [0.2, 0.25) is 0 Å². The number of hydrogen-bond donors (Lipinski definition) is 1. The zero-order chi connectivity index (χ0) is 15.1. The molecule has 0 aliphatic heterocycles. The third-order valence-corrected chi connectivity index (χ3v) is 5.95. The minimum atomic E-state index is 0.741. The molecule has 2 aliphatic carbocycles. The second-order valence-corrected chi connectivity index (χ2v) is 7.55. The van der Waals surface area contributed by atoms with Crippen molar-refractivity contribution in [3.63, 3.8) is 0 Å². The molecule has 0 radical (unpaired) electrons. The van der Waals surface area contributed by atoms with E-state index in [1.54, 1.807) is 0 Å². The highest BCUT2D eigenvalue weighted by Gasteiger charge is 2.35. The first-order valence-electron chi connectivity index (χ1n) is 9.71. The number of likely N-dealkylation sites (N-methyl/N-ethyl adjacent to an activating group) is 1. The summed E-state index contributed by atoms with van der Waals surface area (Å²) in [6, 6.07) is 2.38. The molecule has 3 unspecified atom stereocenters. The summed E-state index contributed by atoms with van der Waals surface area (Å²) in [5.74, 6) is 0.978. The van der Waals surface area contributed by atoms with E-state index in [9.17, 15) is 0 Å². The Morgan fingerprint density at radius 1 is 0.952 bits per heavy atom. The van der Waals surface area contributed by atoms with Crippen LogP contribution in [0, 0.1) is 5.92 Å². The Balaban J connectivity index is 1.96. The molecule has 2 nitrogen and oxygen atoms in total. The molecular weight excluding hydrogens is 256 g/mol. The van der Waals surface area contributed by atoms with Crippen molar-refractivity contribution in [1.29, 1.82) is 0 Å². The van der Waals surface area contributed by atoms with Gasteiger partial charge in [-0.1, -0.05) is 46.0 Å². The molecule has 0 saturated heterocycles. The van der Waals surface area contributed by atoms with Gasteiger partial charge in [0.15, 0.2) is 0 Å². The largest absolute Gasteiger partial charge is 0.312 e. The van der Waals surface area contributed by atoms with Crippen molar-refractivity contribution in [2.75, 3.05) is 13.6 Å². The first kappa shape index (κ1) is 17.3. The molecule has 2 fully saturated rings. The van der Waals surface area contributed by atoms with Crippen molar-refractivity contribution in [1.82, 2.24) is 10.2 Å². The maximum atomic E-state index is 3.86. The zero-order valence-electron chi connectivity index (χ0n) is 14.7. The van der Waals surface area contributed by atoms with Gasteiger partial charge in [0, 0.05) is 18.1 Å². The fraction of sp³-hybridized carbons (Fsp3) is 1.00. The molecule has 0 aromatic rings. The number of nitrogens with zero attached hydrogens (tertiary/aromatic N) is 1. The van der Waals surface area contributed by atoms with Gasteiger partial charge in [-0.3, -0.25) is 4.90 Å². The highest BCUT2D eigenvalue weighted by molar-refractivity contribution is 4.92. The Hall–Kier alpha value is -0.0800. The normalized spacial score (nSPS) is 31.7. The molecule has 2 rings (SSSR count). The maximum absolute atomic E-state index is 3.86. The lowest BCUT2D eigenvalue weighted by Gasteiger charge is -2.45. The Labute approximate surface area is 133 Å². The lowest BCUT2D eigenvalue weighted by Crippen LogP contribution is -2.55. The Morgan fingerprint density at radius 2 is 1.71 bits per heavy atom. The molecule has 0 heterocycles. The van der Waals surface area contributed by atoms with E-state index in [0.717, 1.165) is 24.0 Å². The number of rotatable bonds is 7. The average Bonchev–Trinajstić information content (AvgIpc) is 2.54. The van der Waals surface area contributed by atoms with Crippen molar-refractivity contribution >= 4 is 0 Å². The lowest BCUT2D eigenvalue weighted by molar-refractivity contribution is 0.0654. The van der Waals surface area contributed by atoms with E-state index in [0.29, 0.717) is 0 Å². The molecule has 0 bridgehead atoms. The smallest absolute Gasteiger partial charge is 0.0251 e. The van der Waals surface area contributed by atoms with Crippen molar-refractivity contribution < 1.29 is 0 Å². The fourth-order valence-electron chi connectivity index (χ4n) is 4.68. The molecule has 0 amide bonds. The summed E-state index contributed by atoms with van der Waals surface area (Å²) < 4.78 is 0. The number of nitrogens with one attached hydrogen (secondary N) is 1. The molecule has 1 N–H and O–H groups in total. The van der Waals surface area contributed by atoms with Gasteiger partial charge in [0.25, 0.3) is 0 Å². The summed E-state index contributed by atoms with van der Waals surface area (Å²) in [6.45, 7) is 5.83. The van der Waals surface area contributed by atoms with Crippen LogP contribution in [0.15, 0.2) is 0 Å². The molecule has 0 aromatic heterocycles. The van der Waals surface area contributed by atoms with Gasteiger partial charge < -0.3 is 5.32 Å². The second kappa shape index (κ2) is 9.15. The van der Waals surface area contributed by atoms with Crippen molar-refractivity contribution in [3.8, 4) is 0 Å². The van der Waals surface area contributed by atoms with Gasteiger partial charge in [-0.25, -0.2) is 0 Å². The molecule has 2 saturated carbocycles. The van der Waals surface area contributed by atoms with Gasteiger partial charge in [0.05, 0.1) is 0 Å². The summed E-state index contributed by atoms with van der Waals surface area (Å²) in [4.78, 5) is 2.79. The van der Waals surface area contributed by atoms with E-state index in [2.05, 4.69) is 31.1 Å². The standard InChI is InChI=1S/C19H38N2/c1-4-9-16-12-13-18(20-14-5-2)19(15-16)21(3)17-10-7-6-8-11-17/h16-20H,4-15H2,1-3H3. The maximum Gasteiger partial charge on any atom is 0.0251 e. The molecule has 0 spiro atoms. The predicted octanol–water partition coefficient (Wildman–Crippen LogP) is 4.59. The van der Waals surface area contributed by atoms with Crippen molar-refractivity contribution in [2.24, 2.45) is 5.92 Å². The van der Waals surface area contributed by atoms with Crippen LogP contribution < -0.4 is 5.32 Å². The Morgan fingerprint density at radius 3 is 2.38 bits per heavy atom. The van der Waals surface area contributed by atoms with Crippen LogP contribution in [-0.4, -0.2) is 36.6 Å². The summed E-state index contributed by atoms with van der Waals surface area (Å²) in [6.07, 6.45) is 15.6. The zero-order valence-corrected chi connectivity index (χ0v) is 14.7. The fourth-order valence-corrected chi connectivity index (χ4v) is 4.68. The van der Waals surface area contributed by atoms with Gasteiger partial charge >= 0.3 is 0 Å². The van der Waals surface area contributed by atoms with E-state index in [4.69, 9.17) is 0 Å². The summed E-state index contributed by atoms with van der Waals surface area (Å²) >= 11 is 0. The van der Waals surface area contributed by atoms with Crippen LogP contribution >= 0.6 is 0 Å². The van der Waals surface area contributed by atoms with Crippen molar-refractivity contribution in [3.05, 3.63) is 0 Å². The third kappa shape index (κ3) is 4.96. The summed E-state index contributed by atoms with van der Waals surface area (Å²) in [7, 11) is 2.43. The van der Waals surface area contributed by atoms with Crippen LogP contribution in [0.25, 0.3) is 0 Å². The van der Waals surface area contributed by atoms with Crippen LogP contribution in [-0.2, 0) is 0 Å². The SMILES string of the molecule is CCCNC1CCC(CCC)CC1N(C)C1CCCCC1. The van der Waals surface area contributed by atoms with E-state index in [1.165, 1.54) is 77.2 Å². The predicted molar refractivity (Wildman–Crippen MR) is 92.8 cm³/mol. The van der Waals surface area contributed by atoms with E-state index >= 15 is 0 Å². The minimum Gasteiger partial charge on any atom is -0.312 e. The van der Waals surface area contributed by atoms with Crippen LogP contribution in [0.1, 0.15) is 84.5 Å². The minimum absolute atomic E-state index is 0.741. The molecule has 2 aliphatic rings. The third-order valence-electron chi connectivity index (χ3n) is 5.95. The molecule has 2 heteroatoms. The molecule has 0 aromatic carbocycles. The van der Waals surface area contributed by atoms with Crippen molar-refractivity contribution in [2.45, 2.75) is 103 Å². The molecule has 124 valence electrons. The summed E-state index contributed by atoms with van der Waals surface area (Å²) in [5, 5.41) is 3.86. The first-order chi connectivity index (χ1) is 10.3. The highest BCUT2D eigenvalue weighted by atomic mass is 15.2. The number of hydrogen-bond acceptors (Lipinski definition) is 2. The van der Waals surface area contributed by atoms with Crippen LogP contribution in [0.3, 0.4) is 0 Å². The topological polar surface area (TPSA) is 15.3 Å². The van der Waals surface area contributed by atoms with E-state index in [-0.39, 0.29) is 0 Å². The average molecular weight is 295 g/mol. The summed E-state index contributed by atoms with van der Waals surface area (Å²) in [5.41, 5.74) is 0.